The molecule has 84 valence electrons. The number of benzene rings is 1. The Bertz CT molecular complexity index is 314. The van der Waals surface area contributed by atoms with Crippen molar-refractivity contribution in [2.75, 3.05) is 6.54 Å². The first-order valence-electron chi connectivity index (χ1n) is 4.24. The SMILES string of the molecule is NSc1cccc(CNCC(F)(F)F)c1. The Morgan fingerprint density at radius 2 is 2.07 bits per heavy atom. The summed E-state index contributed by atoms with van der Waals surface area (Å²) >= 11 is 1.07. The molecule has 0 heterocycles. The van der Waals surface area contributed by atoms with Crippen LogP contribution in [-0.2, 0) is 6.54 Å². The van der Waals surface area contributed by atoms with Crippen LogP contribution in [0.4, 0.5) is 13.2 Å². The highest BCUT2D eigenvalue weighted by Gasteiger charge is 2.25. The van der Waals surface area contributed by atoms with Crippen molar-refractivity contribution in [2.24, 2.45) is 5.14 Å². The van der Waals surface area contributed by atoms with E-state index in [4.69, 9.17) is 5.14 Å². The van der Waals surface area contributed by atoms with Gasteiger partial charge in [0, 0.05) is 11.4 Å². The van der Waals surface area contributed by atoms with Crippen LogP contribution in [0.15, 0.2) is 29.2 Å². The second-order valence-corrected chi connectivity index (χ2v) is 3.69. The third-order valence-electron chi connectivity index (χ3n) is 1.69. The quantitative estimate of drug-likeness (QED) is 0.788. The average molecular weight is 236 g/mol. The molecule has 2 nitrogen and oxygen atoms in total. The van der Waals surface area contributed by atoms with E-state index in [1.807, 2.05) is 0 Å². The molecule has 0 unspecified atom stereocenters. The number of hydrogen-bond acceptors (Lipinski definition) is 3. The van der Waals surface area contributed by atoms with Crippen molar-refractivity contribution in [3.8, 4) is 0 Å². The Morgan fingerprint density at radius 1 is 1.33 bits per heavy atom. The van der Waals surface area contributed by atoms with Crippen molar-refractivity contribution in [1.82, 2.24) is 5.32 Å². The number of rotatable bonds is 4. The van der Waals surface area contributed by atoms with Crippen LogP contribution in [-0.4, -0.2) is 12.7 Å². The van der Waals surface area contributed by atoms with Gasteiger partial charge < -0.3 is 5.32 Å². The molecule has 0 saturated carbocycles. The van der Waals surface area contributed by atoms with Gasteiger partial charge in [0.15, 0.2) is 0 Å². The summed E-state index contributed by atoms with van der Waals surface area (Å²) in [7, 11) is 0. The van der Waals surface area contributed by atoms with Crippen molar-refractivity contribution in [3.05, 3.63) is 29.8 Å². The Morgan fingerprint density at radius 3 is 2.67 bits per heavy atom. The van der Waals surface area contributed by atoms with Crippen molar-refractivity contribution in [2.45, 2.75) is 17.6 Å². The summed E-state index contributed by atoms with van der Waals surface area (Å²) in [6.45, 7) is -0.791. The number of halogens is 3. The molecule has 0 aliphatic rings. The lowest BCUT2D eigenvalue weighted by atomic mass is 10.2. The van der Waals surface area contributed by atoms with E-state index in [-0.39, 0.29) is 6.54 Å². The Kier molecular flexibility index (Phi) is 4.44. The fourth-order valence-electron chi connectivity index (χ4n) is 1.08. The van der Waals surface area contributed by atoms with Gasteiger partial charge in [0.1, 0.15) is 0 Å². The molecule has 0 atom stereocenters. The minimum Gasteiger partial charge on any atom is -0.305 e. The monoisotopic (exact) mass is 236 g/mol. The van der Waals surface area contributed by atoms with Crippen molar-refractivity contribution < 1.29 is 13.2 Å². The first-order chi connectivity index (χ1) is 7.01. The fraction of sp³-hybridized carbons (Fsp3) is 0.333. The molecule has 0 aliphatic carbocycles. The molecule has 0 aromatic heterocycles. The maximum absolute atomic E-state index is 11.8. The third kappa shape index (κ3) is 5.06. The van der Waals surface area contributed by atoms with Crippen molar-refractivity contribution in [1.29, 1.82) is 0 Å². The number of alkyl halides is 3. The summed E-state index contributed by atoms with van der Waals surface area (Å²) in [4.78, 5) is 0.835. The zero-order valence-electron chi connectivity index (χ0n) is 7.84. The van der Waals surface area contributed by atoms with E-state index >= 15 is 0 Å². The van der Waals surface area contributed by atoms with Crippen molar-refractivity contribution in [3.63, 3.8) is 0 Å². The van der Waals surface area contributed by atoms with Crippen LogP contribution in [0.5, 0.6) is 0 Å². The lowest BCUT2D eigenvalue weighted by Gasteiger charge is -2.08. The molecule has 6 heteroatoms. The summed E-state index contributed by atoms with van der Waals surface area (Å²) in [5.74, 6) is 0. The minimum absolute atomic E-state index is 0.188. The largest absolute Gasteiger partial charge is 0.401 e. The number of nitrogens with one attached hydrogen (secondary N) is 1. The van der Waals surface area contributed by atoms with Crippen LogP contribution in [0.3, 0.4) is 0 Å². The van der Waals surface area contributed by atoms with Gasteiger partial charge in [-0.25, -0.2) is 0 Å². The second-order valence-electron chi connectivity index (χ2n) is 2.98. The molecule has 1 aromatic rings. The molecule has 0 spiro atoms. The summed E-state index contributed by atoms with van der Waals surface area (Å²) in [6, 6.07) is 7.08. The van der Waals surface area contributed by atoms with Crippen LogP contribution in [0.25, 0.3) is 0 Å². The molecule has 1 rings (SSSR count). The van der Waals surface area contributed by atoms with Crippen LogP contribution in [0.1, 0.15) is 5.56 Å². The smallest absolute Gasteiger partial charge is 0.305 e. The summed E-state index contributed by atoms with van der Waals surface area (Å²) in [5, 5.41) is 7.65. The Hall–Kier alpha value is -0.720. The molecular formula is C9H11F3N2S. The predicted octanol–water partition coefficient (Wildman–Crippen LogP) is 2.30. The topological polar surface area (TPSA) is 38.0 Å². The summed E-state index contributed by atoms with van der Waals surface area (Å²) in [6.07, 6.45) is -4.17. The van der Waals surface area contributed by atoms with Crippen LogP contribution in [0.2, 0.25) is 0 Å². The molecule has 0 aliphatic heterocycles. The zero-order chi connectivity index (χ0) is 11.3. The van der Waals surface area contributed by atoms with E-state index in [2.05, 4.69) is 5.32 Å². The van der Waals surface area contributed by atoms with E-state index in [0.717, 1.165) is 22.4 Å². The van der Waals surface area contributed by atoms with Crippen LogP contribution < -0.4 is 10.5 Å². The van der Waals surface area contributed by atoms with Gasteiger partial charge in [-0.2, -0.15) is 13.2 Å². The molecule has 0 bridgehead atoms. The Labute approximate surface area is 90.2 Å². The lowest BCUT2D eigenvalue weighted by Crippen LogP contribution is -2.28. The molecule has 1 aromatic carbocycles. The van der Waals surface area contributed by atoms with Gasteiger partial charge in [-0.1, -0.05) is 12.1 Å². The fourth-order valence-corrected chi connectivity index (χ4v) is 1.45. The van der Waals surface area contributed by atoms with Gasteiger partial charge in [0.25, 0.3) is 0 Å². The maximum Gasteiger partial charge on any atom is 0.401 e. The predicted molar refractivity (Wildman–Crippen MR) is 54.2 cm³/mol. The van der Waals surface area contributed by atoms with Gasteiger partial charge in [-0.15, -0.1) is 0 Å². The average Bonchev–Trinajstić information content (AvgIpc) is 2.16. The normalized spacial score (nSPS) is 11.7. The summed E-state index contributed by atoms with van der Waals surface area (Å²) < 4.78 is 35.5. The van der Waals surface area contributed by atoms with E-state index in [1.165, 1.54) is 0 Å². The Balaban J connectivity index is 2.44. The lowest BCUT2D eigenvalue weighted by molar-refractivity contribution is -0.125. The highest BCUT2D eigenvalue weighted by molar-refractivity contribution is 7.97. The second kappa shape index (κ2) is 5.39. The molecule has 0 amide bonds. The standard InChI is InChI=1S/C9H11F3N2S/c10-9(11,12)6-14-5-7-2-1-3-8(4-7)15-13/h1-4,14H,5-6,13H2. The first kappa shape index (κ1) is 12.4. The van der Waals surface area contributed by atoms with Gasteiger partial charge in [-0.3, -0.25) is 5.14 Å². The van der Waals surface area contributed by atoms with E-state index in [0.29, 0.717) is 0 Å². The van der Waals surface area contributed by atoms with E-state index < -0.39 is 12.7 Å². The highest BCUT2D eigenvalue weighted by Crippen LogP contribution is 2.15. The molecule has 3 N–H and O–H groups in total. The molecule has 0 radical (unpaired) electrons. The van der Waals surface area contributed by atoms with E-state index in [1.54, 1.807) is 24.3 Å². The van der Waals surface area contributed by atoms with Crippen LogP contribution in [0, 0.1) is 0 Å². The summed E-state index contributed by atoms with van der Waals surface area (Å²) in [5.41, 5.74) is 0.787. The van der Waals surface area contributed by atoms with Gasteiger partial charge >= 0.3 is 6.18 Å². The minimum atomic E-state index is -4.17. The van der Waals surface area contributed by atoms with Gasteiger partial charge in [0.2, 0.25) is 0 Å². The van der Waals surface area contributed by atoms with Crippen LogP contribution >= 0.6 is 11.9 Å². The molecule has 15 heavy (non-hydrogen) atoms. The zero-order valence-corrected chi connectivity index (χ0v) is 8.66. The van der Waals surface area contributed by atoms with E-state index in [9.17, 15) is 13.2 Å². The highest BCUT2D eigenvalue weighted by atomic mass is 32.2. The van der Waals surface area contributed by atoms with Gasteiger partial charge in [0.05, 0.1) is 6.54 Å². The molecule has 0 fully saturated rings. The molecule has 0 saturated heterocycles. The number of nitrogens with two attached hydrogens (primary N) is 1. The molecular weight excluding hydrogens is 225 g/mol. The van der Waals surface area contributed by atoms with Gasteiger partial charge in [-0.05, 0) is 29.6 Å². The third-order valence-corrected chi connectivity index (χ3v) is 2.22. The first-order valence-corrected chi connectivity index (χ1v) is 5.12. The number of hydrogen-bond donors (Lipinski definition) is 2. The van der Waals surface area contributed by atoms with Crippen molar-refractivity contribution >= 4 is 11.9 Å². The maximum atomic E-state index is 11.8.